The smallest absolute Gasteiger partial charge is 0.122 e. The van der Waals surface area contributed by atoms with Gasteiger partial charge in [0.05, 0.1) is 6.61 Å². The third kappa shape index (κ3) is 3.00. The van der Waals surface area contributed by atoms with Gasteiger partial charge in [-0.15, -0.1) is 0 Å². The number of benzene rings is 1. The van der Waals surface area contributed by atoms with Gasteiger partial charge in [0.1, 0.15) is 5.75 Å². The molecule has 0 spiro atoms. The summed E-state index contributed by atoms with van der Waals surface area (Å²) in [4.78, 5) is 4.11. The zero-order valence-electron chi connectivity index (χ0n) is 10.6. The van der Waals surface area contributed by atoms with Gasteiger partial charge in [0.25, 0.3) is 0 Å². The molecule has 0 saturated carbocycles. The van der Waals surface area contributed by atoms with Crippen molar-refractivity contribution in [3.8, 4) is 5.75 Å². The quantitative estimate of drug-likeness (QED) is 0.876. The second-order valence-corrected chi connectivity index (χ2v) is 4.21. The number of nitrogens with zero attached hydrogens (tertiary/aromatic N) is 1. The number of ether oxygens (including phenoxy) is 1. The summed E-state index contributed by atoms with van der Waals surface area (Å²) in [6.07, 6.45) is 5.27. The molecule has 0 radical (unpaired) electrons. The molecule has 1 heterocycles. The molecule has 1 aromatic carbocycles. The van der Waals surface area contributed by atoms with Crippen LogP contribution in [0, 0.1) is 0 Å². The standard InChI is InChI=1S/C15H18N2O/c1-2-9-18-15-6-4-3-5-12(15)10-13-11-17-8-7-14(13)16/h3-8,11H,2,9-10H2,1H3,(H2,16,17). The number of rotatable bonds is 5. The number of anilines is 1. The first-order valence-electron chi connectivity index (χ1n) is 6.20. The van der Waals surface area contributed by atoms with Crippen LogP contribution in [0.2, 0.25) is 0 Å². The fourth-order valence-electron chi connectivity index (χ4n) is 1.79. The molecular formula is C15H18N2O. The molecule has 0 aliphatic heterocycles. The molecular weight excluding hydrogens is 224 g/mol. The van der Waals surface area contributed by atoms with E-state index in [0.29, 0.717) is 0 Å². The summed E-state index contributed by atoms with van der Waals surface area (Å²) in [6.45, 7) is 2.83. The van der Waals surface area contributed by atoms with Gasteiger partial charge in [-0.05, 0) is 29.7 Å². The highest BCUT2D eigenvalue weighted by molar-refractivity contribution is 5.48. The van der Waals surface area contributed by atoms with Gasteiger partial charge >= 0.3 is 0 Å². The highest BCUT2D eigenvalue weighted by Gasteiger charge is 2.06. The molecule has 0 atom stereocenters. The van der Waals surface area contributed by atoms with Crippen molar-refractivity contribution in [1.29, 1.82) is 0 Å². The third-order valence-electron chi connectivity index (χ3n) is 2.76. The largest absolute Gasteiger partial charge is 0.493 e. The Bertz CT molecular complexity index is 511. The van der Waals surface area contributed by atoms with Gasteiger partial charge in [0.15, 0.2) is 0 Å². The van der Waals surface area contributed by atoms with Crippen LogP contribution in [0.15, 0.2) is 42.7 Å². The number of hydrogen-bond acceptors (Lipinski definition) is 3. The van der Waals surface area contributed by atoms with Crippen molar-refractivity contribution in [2.24, 2.45) is 0 Å². The average molecular weight is 242 g/mol. The van der Waals surface area contributed by atoms with Gasteiger partial charge in [-0.2, -0.15) is 0 Å². The van der Waals surface area contributed by atoms with E-state index in [2.05, 4.69) is 18.0 Å². The Morgan fingerprint density at radius 2 is 2.00 bits per heavy atom. The van der Waals surface area contributed by atoms with E-state index in [4.69, 9.17) is 10.5 Å². The van der Waals surface area contributed by atoms with Crippen LogP contribution in [0.4, 0.5) is 5.69 Å². The van der Waals surface area contributed by atoms with Crippen molar-refractivity contribution in [2.45, 2.75) is 19.8 Å². The Morgan fingerprint density at radius 1 is 1.17 bits per heavy atom. The van der Waals surface area contributed by atoms with Crippen molar-refractivity contribution >= 4 is 5.69 Å². The number of para-hydroxylation sites is 1. The average Bonchev–Trinajstić information content (AvgIpc) is 2.40. The van der Waals surface area contributed by atoms with Gasteiger partial charge in [0.2, 0.25) is 0 Å². The molecule has 2 aromatic rings. The summed E-state index contributed by atoms with van der Waals surface area (Å²) >= 11 is 0. The number of nitrogens with two attached hydrogens (primary N) is 1. The van der Waals surface area contributed by atoms with Gasteiger partial charge in [-0.3, -0.25) is 4.98 Å². The third-order valence-corrected chi connectivity index (χ3v) is 2.76. The van der Waals surface area contributed by atoms with Crippen LogP contribution in [-0.4, -0.2) is 11.6 Å². The predicted molar refractivity (Wildman–Crippen MR) is 73.7 cm³/mol. The molecule has 0 aliphatic rings. The first-order chi connectivity index (χ1) is 8.81. The highest BCUT2D eigenvalue weighted by atomic mass is 16.5. The van der Waals surface area contributed by atoms with E-state index in [-0.39, 0.29) is 0 Å². The van der Waals surface area contributed by atoms with Gasteiger partial charge in [-0.1, -0.05) is 25.1 Å². The van der Waals surface area contributed by atoms with Crippen molar-refractivity contribution in [3.05, 3.63) is 53.9 Å². The Kier molecular flexibility index (Phi) is 4.18. The van der Waals surface area contributed by atoms with Crippen LogP contribution >= 0.6 is 0 Å². The molecule has 2 rings (SSSR count). The molecule has 1 aromatic heterocycles. The summed E-state index contributed by atoms with van der Waals surface area (Å²) in [7, 11) is 0. The van der Waals surface area contributed by atoms with Gasteiger partial charge < -0.3 is 10.5 Å². The van der Waals surface area contributed by atoms with Crippen molar-refractivity contribution in [1.82, 2.24) is 4.98 Å². The van der Waals surface area contributed by atoms with E-state index in [0.717, 1.165) is 42.0 Å². The molecule has 0 bridgehead atoms. The van der Waals surface area contributed by atoms with Crippen LogP contribution in [0.5, 0.6) is 5.75 Å². The molecule has 0 fully saturated rings. The Morgan fingerprint density at radius 3 is 2.78 bits per heavy atom. The Balaban J connectivity index is 2.21. The lowest BCUT2D eigenvalue weighted by Crippen LogP contribution is -2.01. The van der Waals surface area contributed by atoms with Crippen molar-refractivity contribution in [2.75, 3.05) is 12.3 Å². The maximum Gasteiger partial charge on any atom is 0.122 e. The zero-order chi connectivity index (χ0) is 12.8. The van der Waals surface area contributed by atoms with E-state index in [9.17, 15) is 0 Å². The fraction of sp³-hybridized carbons (Fsp3) is 0.267. The van der Waals surface area contributed by atoms with Crippen LogP contribution in [0.25, 0.3) is 0 Å². The summed E-state index contributed by atoms with van der Waals surface area (Å²) in [5, 5.41) is 0. The zero-order valence-corrected chi connectivity index (χ0v) is 10.6. The first-order valence-corrected chi connectivity index (χ1v) is 6.20. The lowest BCUT2D eigenvalue weighted by molar-refractivity contribution is 0.314. The minimum absolute atomic E-state index is 0.736. The van der Waals surface area contributed by atoms with Crippen LogP contribution in [-0.2, 0) is 6.42 Å². The van der Waals surface area contributed by atoms with Crippen molar-refractivity contribution < 1.29 is 4.74 Å². The van der Waals surface area contributed by atoms with Crippen LogP contribution < -0.4 is 10.5 Å². The Hall–Kier alpha value is -2.03. The molecule has 3 heteroatoms. The molecule has 2 N–H and O–H groups in total. The highest BCUT2D eigenvalue weighted by Crippen LogP contribution is 2.23. The second-order valence-electron chi connectivity index (χ2n) is 4.21. The lowest BCUT2D eigenvalue weighted by Gasteiger charge is -2.11. The lowest BCUT2D eigenvalue weighted by atomic mass is 10.0. The molecule has 3 nitrogen and oxygen atoms in total. The summed E-state index contributed by atoms with van der Waals surface area (Å²) in [5.74, 6) is 0.933. The van der Waals surface area contributed by atoms with E-state index >= 15 is 0 Å². The normalized spacial score (nSPS) is 10.3. The van der Waals surface area contributed by atoms with Crippen LogP contribution in [0.3, 0.4) is 0 Å². The monoisotopic (exact) mass is 242 g/mol. The SMILES string of the molecule is CCCOc1ccccc1Cc1cnccc1N. The minimum Gasteiger partial charge on any atom is -0.493 e. The van der Waals surface area contributed by atoms with E-state index < -0.39 is 0 Å². The summed E-state index contributed by atoms with van der Waals surface area (Å²) in [6, 6.07) is 9.89. The summed E-state index contributed by atoms with van der Waals surface area (Å²) in [5.41, 5.74) is 8.89. The van der Waals surface area contributed by atoms with Crippen molar-refractivity contribution in [3.63, 3.8) is 0 Å². The minimum atomic E-state index is 0.736. The number of pyridine rings is 1. The molecule has 0 unspecified atom stereocenters. The number of aromatic nitrogens is 1. The second kappa shape index (κ2) is 6.05. The van der Waals surface area contributed by atoms with Gasteiger partial charge in [-0.25, -0.2) is 0 Å². The molecule has 94 valence electrons. The number of nitrogen functional groups attached to an aromatic ring is 1. The van der Waals surface area contributed by atoms with E-state index in [1.54, 1.807) is 6.20 Å². The Labute approximate surface area is 108 Å². The fourth-order valence-corrected chi connectivity index (χ4v) is 1.79. The molecule has 0 amide bonds. The predicted octanol–water partition coefficient (Wildman–Crippen LogP) is 3.04. The molecule has 0 saturated heterocycles. The molecule has 0 aliphatic carbocycles. The number of hydrogen-bond donors (Lipinski definition) is 1. The van der Waals surface area contributed by atoms with E-state index in [1.165, 1.54) is 0 Å². The van der Waals surface area contributed by atoms with E-state index in [1.807, 2.05) is 30.5 Å². The topological polar surface area (TPSA) is 48.1 Å². The van der Waals surface area contributed by atoms with Crippen LogP contribution in [0.1, 0.15) is 24.5 Å². The van der Waals surface area contributed by atoms with Gasteiger partial charge in [0, 0.05) is 24.5 Å². The maximum atomic E-state index is 5.94. The summed E-state index contributed by atoms with van der Waals surface area (Å²) < 4.78 is 5.74. The maximum absolute atomic E-state index is 5.94. The first kappa shape index (κ1) is 12.4. The molecule has 18 heavy (non-hydrogen) atoms.